The second-order valence-corrected chi connectivity index (χ2v) is 12.4. The first kappa shape index (κ1) is 24.5. The lowest BCUT2D eigenvalue weighted by Gasteiger charge is -2.48. The summed E-state index contributed by atoms with van der Waals surface area (Å²) in [6.07, 6.45) is 8.91. The number of nitrogens with zero attached hydrogens (tertiary/aromatic N) is 5. The van der Waals surface area contributed by atoms with E-state index in [1.807, 2.05) is 6.92 Å². The van der Waals surface area contributed by atoms with Crippen molar-refractivity contribution in [3.05, 3.63) is 81.4 Å². The van der Waals surface area contributed by atoms with E-state index in [2.05, 4.69) is 75.0 Å². The van der Waals surface area contributed by atoms with Gasteiger partial charge in [0, 0.05) is 27.5 Å². The maximum absolute atomic E-state index is 5.60. The minimum atomic E-state index is -0.264. The fourth-order valence-electron chi connectivity index (χ4n) is 6.39. The molecule has 2 fully saturated rings. The number of aryl methyl sites for hydroxylation is 2. The fraction of sp³-hybridized carbons (Fsp3) is 0.419. The largest absolute Gasteiger partial charge is 0.449 e. The summed E-state index contributed by atoms with van der Waals surface area (Å²) in [4.78, 5) is 11.0. The third-order valence-corrected chi connectivity index (χ3v) is 9.89. The van der Waals surface area contributed by atoms with Gasteiger partial charge in [0.2, 0.25) is 0 Å². The predicted molar refractivity (Wildman–Crippen MR) is 153 cm³/mol. The summed E-state index contributed by atoms with van der Waals surface area (Å²) in [6.45, 7) is 8.67. The molecule has 198 valence electrons. The molecule has 39 heavy (non-hydrogen) atoms. The first-order chi connectivity index (χ1) is 19.0. The van der Waals surface area contributed by atoms with Crippen LogP contribution >= 0.6 is 11.3 Å². The van der Waals surface area contributed by atoms with Crippen LogP contribution < -0.4 is 5.32 Å². The van der Waals surface area contributed by atoms with E-state index in [-0.39, 0.29) is 6.04 Å². The Kier molecular flexibility index (Phi) is 6.02. The topological polar surface area (TPSA) is 81.1 Å². The Hall–Kier alpha value is -3.54. The minimum Gasteiger partial charge on any atom is -0.449 e. The van der Waals surface area contributed by atoms with Crippen molar-refractivity contribution in [1.29, 1.82) is 0 Å². The maximum Gasteiger partial charge on any atom is 0.196 e. The van der Waals surface area contributed by atoms with E-state index in [1.165, 1.54) is 36.1 Å². The van der Waals surface area contributed by atoms with Crippen LogP contribution in [0.5, 0.6) is 0 Å². The molecule has 0 unspecified atom stereocenters. The molecule has 4 aromatic rings. The number of benzene rings is 1. The van der Waals surface area contributed by atoms with Crippen molar-refractivity contribution in [2.24, 2.45) is 16.3 Å². The molecule has 1 spiro atoms. The third kappa shape index (κ3) is 4.34. The number of nitrogens with one attached hydrogen (secondary N) is 1. The van der Waals surface area contributed by atoms with E-state index in [0.717, 1.165) is 52.1 Å². The summed E-state index contributed by atoms with van der Waals surface area (Å²) in [5, 5.41) is 13.6. The molecule has 1 saturated heterocycles. The number of oxazole rings is 1. The highest BCUT2D eigenvalue weighted by Crippen LogP contribution is 2.51. The summed E-state index contributed by atoms with van der Waals surface area (Å²) in [7, 11) is 0. The van der Waals surface area contributed by atoms with Crippen LogP contribution in [0.1, 0.15) is 76.4 Å². The van der Waals surface area contributed by atoms with Gasteiger partial charge in [-0.15, -0.1) is 21.5 Å². The molecule has 1 N–H and O–H groups in total. The van der Waals surface area contributed by atoms with Gasteiger partial charge in [-0.3, -0.25) is 9.56 Å². The number of aliphatic imine (C=N–C) groups is 1. The molecule has 3 aliphatic rings. The summed E-state index contributed by atoms with van der Waals surface area (Å²) in [6, 6.07) is 8.33. The van der Waals surface area contributed by atoms with Crippen molar-refractivity contribution in [1.82, 2.24) is 25.1 Å². The molecule has 0 radical (unpaired) electrons. The van der Waals surface area contributed by atoms with Gasteiger partial charge >= 0.3 is 0 Å². The number of hydrogen-bond donors (Lipinski definition) is 1. The first-order valence-electron chi connectivity index (χ1n) is 13.8. The number of thiophene rings is 1. The highest BCUT2D eigenvalue weighted by molar-refractivity contribution is 7.15. The predicted octanol–water partition coefficient (Wildman–Crippen LogP) is 5.51. The van der Waals surface area contributed by atoms with Crippen LogP contribution in [0.25, 0.3) is 5.00 Å². The Morgan fingerprint density at radius 1 is 1.10 bits per heavy atom. The Morgan fingerprint density at radius 3 is 2.64 bits per heavy atom. The summed E-state index contributed by atoms with van der Waals surface area (Å²) >= 11 is 1.77. The van der Waals surface area contributed by atoms with Crippen LogP contribution in [0.2, 0.25) is 0 Å². The lowest BCUT2D eigenvalue weighted by atomic mass is 9.58. The normalized spacial score (nSPS) is 19.9. The molecular formula is C31H32N6OS. The molecule has 7 rings (SSSR count). The zero-order valence-electron chi connectivity index (χ0n) is 22.6. The summed E-state index contributed by atoms with van der Waals surface area (Å²) in [5.41, 5.74) is 6.06. The minimum absolute atomic E-state index is 0.264. The molecule has 8 heteroatoms. The van der Waals surface area contributed by atoms with Crippen molar-refractivity contribution in [2.45, 2.75) is 58.9 Å². The molecule has 3 aromatic heterocycles. The number of aromatic nitrogens is 4. The lowest BCUT2D eigenvalue weighted by Crippen LogP contribution is -2.45. The van der Waals surface area contributed by atoms with Gasteiger partial charge in [-0.25, -0.2) is 4.98 Å². The van der Waals surface area contributed by atoms with Gasteiger partial charge in [-0.1, -0.05) is 24.0 Å². The Labute approximate surface area is 232 Å². The zero-order valence-corrected chi connectivity index (χ0v) is 23.4. The van der Waals surface area contributed by atoms with Crippen LogP contribution in [0.3, 0.4) is 0 Å². The van der Waals surface area contributed by atoms with E-state index in [1.54, 1.807) is 23.8 Å². The second-order valence-electron chi connectivity index (χ2n) is 11.2. The highest BCUT2D eigenvalue weighted by Gasteiger charge is 2.43. The molecule has 5 heterocycles. The molecule has 0 amide bonds. The van der Waals surface area contributed by atoms with E-state index >= 15 is 0 Å². The average Bonchev–Trinajstić information content (AvgIpc) is 3.63. The second kappa shape index (κ2) is 9.58. The van der Waals surface area contributed by atoms with E-state index in [4.69, 9.17) is 9.41 Å². The summed E-state index contributed by atoms with van der Waals surface area (Å²) < 4.78 is 7.76. The zero-order chi connectivity index (χ0) is 26.6. The van der Waals surface area contributed by atoms with Crippen LogP contribution in [-0.2, 0) is 6.42 Å². The van der Waals surface area contributed by atoms with Crippen molar-refractivity contribution >= 4 is 17.0 Å². The summed E-state index contributed by atoms with van der Waals surface area (Å²) in [5.74, 6) is 9.85. The number of hydrogen-bond acceptors (Lipinski definition) is 7. The molecule has 7 nitrogen and oxygen atoms in total. The first-order valence-corrected chi connectivity index (χ1v) is 14.6. The van der Waals surface area contributed by atoms with Gasteiger partial charge < -0.3 is 9.73 Å². The van der Waals surface area contributed by atoms with Crippen molar-refractivity contribution < 1.29 is 4.42 Å². The van der Waals surface area contributed by atoms with Crippen molar-refractivity contribution in [3.8, 4) is 16.8 Å². The van der Waals surface area contributed by atoms with Gasteiger partial charge in [0.1, 0.15) is 23.1 Å². The monoisotopic (exact) mass is 536 g/mol. The molecule has 2 aliphatic heterocycles. The standard InChI is InChI=1S/C31H32N6OS/c1-19-20(2)39-30-27(19)28(34-25(16-26-33-14-15-38-26)29-36-35-21(3)37(29)30)24-8-6-22(7-9-24)4-5-23-17-31(18-23)10-12-32-13-11-31/h6-9,14-15,23,25,32H,10-13,16-18H2,1-3H3/t25-/m0/s1. The van der Waals surface area contributed by atoms with Crippen molar-refractivity contribution in [2.75, 3.05) is 13.1 Å². The molecule has 1 aliphatic carbocycles. The van der Waals surface area contributed by atoms with Crippen LogP contribution in [0.15, 0.2) is 46.1 Å². The maximum atomic E-state index is 5.60. The molecule has 1 atom stereocenters. The molecular weight excluding hydrogens is 504 g/mol. The number of piperidine rings is 1. The molecule has 1 aromatic carbocycles. The van der Waals surface area contributed by atoms with Crippen molar-refractivity contribution in [3.63, 3.8) is 0 Å². The van der Waals surface area contributed by atoms with Crippen LogP contribution in [0.4, 0.5) is 0 Å². The quantitative estimate of drug-likeness (QED) is 0.349. The van der Waals surface area contributed by atoms with Crippen LogP contribution in [0, 0.1) is 43.9 Å². The highest BCUT2D eigenvalue weighted by atomic mass is 32.1. The number of fused-ring (bicyclic) bond motifs is 3. The SMILES string of the molecule is Cc1sc2c(c1C)C(c1ccc(C#CC3CC4(CCNCC4)C3)cc1)=N[C@@H](Cc1ncco1)c1nnc(C)n1-2. The van der Waals surface area contributed by atoms with E-state index in [9.17, 15) is 0 Å². The fourth-order valence-corrected chi connectivity index (χ4v) is 7.61. The molecule has 0 bridgehead atoms. The average molecular weight is 537 g/mol. The van der Waals surface area contributed by atoms with Gasteiger partial charge in [0.25, 0.3) is 0 Å². The Bertz CT molecular complexity index is 1600. The van der Waals surface area contributed by atoms with Gasteiger partial charge in [-0.05, 0) is 82.7 Å². The van der Waals surface area contributed by atoms with Crippen LogP contribution in [-0.4, -0.2) is 38.5 Å². The van der Waals surface area contributed by atoms with E-state index < -0.39 is 0 Å². The Morgan fingerprint density at radius 2 is 1.90 bits per heavy atom. The van der Waals surface area contributed by atoms with Gasteiger partial charge in [0.05, 0.1) is 18.3 Å². The Balaban J connectivity index is 1.22. The smallest absolute Gasteiger partial charge is 0.196 e. The van der Waals surface area contributed by atoms with E-state index in [0.29, 0.717) is 23.6 Å². The number of rotatable bonds is 3. The van der Waals surface area contributed by atoms with Gasteiger partial charge in [0.15, 0.2) is 11.7 Å². The molecule has 1 saturated carbocycles. The third-order valence-electron chi connectivity index (χ3n) is 8.69. The van der Waals surface area contributed by atoms with Gasteiger partial charge in [-0.2, -0.15) is 0 Å². The lowest BCUT2D eigenvalue weighted by molar-refractivity contribution is 0.0501.